The van der Waals surface area contributed by atoms with Crippen LogP contribution in [0.3, 0.4) is 0 Å². The average molecular weight is 445 g/mol. The van der Waals surface area contributed by atoms with E-state index in [2.05, 4.69) is 27.2 Å². The van der Waals surface area contributed by atoms with Crippen LogP contribution in [0.5, 0.6) is 5.75 Å². The summed E-state index contributed by atoms with van der Waals surface area (Å²) in [6, 6.07) is 14.2. The van der Waals surface area contributed by atoms with Crippen LogP contribution in [0.25, 0.3) is 11.8 Å². The van der Waals surface area contributed by atoms with Crippen molar-refractivity contribution in [3.05, 3.63) is 82.9 Å². The molecule has 0 amide bonds. The van der Waals surface area contributed by atoms with Crippen LogP contribution < -0.4 is 4.74 Å². The van der Waals surface area contributed by atoms with Crippen LogP contribution in [0.2, 0.25) is 0 Å². The molecule has 0 aliphatic carbocycles. The van der Waals surface area contributed by atoms with Gasteiger partial charge in [0.1, 0.15) is 12.4 Å². The number of piperidine rings is 1. The first kappa shape index (κ1) is 21.3. The Bertz CT molecular complexity index is 1230. The first-order chi connectivity index (χ1) is 16.0. The fourth-order valence-corrected chi connectivity index (χ4v) is 4.56. The molecule has 1 atom stereocenters. The lowest BCUT2D eigenvalue weighted by atomic mass is 9.94. The minimum atomic E-state index is -0.983. The van der Waals surface area contributed by atoms with E-state index in [9.17, 15) is 5.11 Å². The van der Waals surface area contributed by atoms with E-state index in [4.69, 9.17) is 9.57 Å². The number of hydrogen-bond donors (Lipinski definition) is 1. The molecule has 2 aliphatic heterocycles. The number of imidazole rings is 1. The normalized spacial score (nSPS) is 21.0. The third-order valence-electron chi connectivity index (χ3n) is 6.34. The first-order valence-electron chi connectivity index (χ1n) is 11.2. The molecule has 33 heavy (non-hydrogen) atoms. The van der Waals surface area contributed by atoms with Crippen LogP contribution in [-0.2, 0) is 10.6 Å². The fraction of sp³-hybridized carbons (Fsp3) is 0.308. The molecule has 0 bridgehead atoms. The highest BCUT2D eigenvalue weighted by atomic mass is 16.7. The molecule has 2 aromatic carbocycles. The van der Waals surface area contributed by atoms with Gasteiger partial charge < -0.3 is 24.1 Å². The van der Waals surface area contributed by atoms with Gasteiger partial charge in [-0.2, -0.15) is 0 Å². The topological polar surface area (TPSA) is 72.1 Å². The Hall–Kier alpha value is -3.58. The van der Waals surface area contributed by atoms with Crippen molar-refractivity contribution in [2.75, 3.05) is 20.3 Å². The van der Waals surface area contributed by atoms with Gasteiger partial charge in [0.15, 0.2) is 5.84 Å². The van der Waals surface area contributed by atoms with E-state index in [0.717, 1.165) is 64.6 Å². The van der Waals surface area contributed by atoms with Gasteiger partial charge in [-0.15, -0.1) is 0 Å². The third-order valence-corrected chi connectivity index (χ3v) is 6.34. The monoisotopic (exact) mass is 444 g/mol. The maximum atomic E-state index is 10.4. The number of aromatic nitrogens is 2. The molecule has 3 aromatic rings. The summed E-state index contributed by atoms with van der Waals surface area (Å²) in [4.78, 5) is 12.3. The summed E-state index contributed by atoms with van der Waals surface area (Å²) >= 11 is 0. The number of aryl methyl sites for hydroxylation is 2. The zero-order valence-corrected chi connectivity index (χ0v) is 19.2. The van der Waals surface area contributed by atoms with Crippen LogP contribution in [0, 0.1) is 13.8 Å². The lowest BCUT2D eigenvalue weighted by molar-refractivity contribution is -0.137. The Kier molecular flexibility index (Phi) is 5.42. The molecule has 170 valence electrons. The van der Waals surface area contributed by atoms with Crippen molar-refractivity contribution in [1.82, 2.24) is 14.5 Å². The number of aliphatic hydroxyl groups excluding tert-OH is 1. The van der Waals surface area contributed by atoms with Gasteiger partial charge in [-0.05, 0) is 56.0 Å². The maximum absolute atomic E-state index is 10.4. The number of hydrogen-bond acceptors (Lipinski definition) is 6. The SMILES string of the molecule is COc1cc(/C=C2\CCCN3C2=NOC3(CO)c2ccc(C)cc2)ccc1-n1cnc(C)c1. The number of fused-ring (bicyclic) bond motifs is 1. The van der Waals surface area contributed by atoms with Crippen molar-refractivity contribution in [2.45, 2.75) is 32.4 Å². The van der Waals surface area contributed by atoms with Crippen molar-refractivity contribution in [1.29, 1.82) is 0 Å². The molecule has 1 N–H and O–H groups in total. The first-order valence-corrected chi connectivity index (χ1v) is 11.2. The van der Waals surface area contributed by atoms with E-state index >= 15 is 0 Å². The van der Waals surface area contributed by atoms with Gasteiger partial charge in [0.2, 0.25) is 0 Å². The Morgan fingerprint density at radius 2 is 2.00 bits per heavy atom. The predicted octanol–water partition coefficient (Wildman–Crippen LogP) is 4.17. The number of amidine groups is 1. The molecular formula is C26H28N4O3. The molecule has 7 nitrogen and oxygen atoms in total. The summed E-state index contributed by atoms with van der Waals surface area (Å²) in [5.74, 6) is 1.55. The van der Waals surface area contributed by atoms with Crippen LogP contribution in [0.15, 0.2) is 65.7 Å². The Balaban J connectivity index is 1.47. The van der Waals surface area contributed by atoms with Crippen LogP contribution in [-0.4, -0.2) is 45.7 Å². The lowest BCUT2D eigenvalue weighted by Crippen LogP contribution is -2.51. The van der Waals surface area contributed by atoms with Crippen LogP contribution in [0.1, 0.15) is 35.2 Å². The van der Waals surface area contributed by atoms with Gasteiger partial charge in [-0.1, -0.05) is 41.1 Å². The van der Waals surface area contributed by atoms with Crippen LogP contribution >= 0.6 is 0 Å². The van der Waals surface area contributed by atoms with Gasteiger partial charge in [0, 0.05) is 18.3 Å². The van der Waals surface area contributed by atoms with Crippen LogP contribution in [0.4, 0.5) is 0 Å². The molecule has 7 heteroatoms. The number of ether oxygens (including phenoxy) is 1. The molecule has 1 unspecified atom stereocenters. The van der Waals surface area contributed by atoms with E-state index in [1.54, 1.807) is 13.4 Å². The third kappa shape index (κ3) is 3.68. The highest BCUT2D eigenvalue weighted by Gasteiger charge is 2.49. The average Bonchev–Trinajstić information content (AvgIpc) is 3.44. The highest BCUT2D eigenvalue weighted by Crippen LogP contribution is 2.40. The number of oxime groups is 1. The molecule has 1 aromatic heterocycles. The van der Waals surface area contributed by atoms with Crippen molar-refractivity contribution in [3.63, 3.8) is 0 Å². The second kappa shape index (κ2) is 8.41. The minimum absolute atomic E-state index is 0.177. The summed E-state index contributed by atoms with van der Waals surface area (Å²) < 4.78 is 7.62. The van der Waals surface area contributed by atoms with Crippen molar-refractivity contribution >= 4 is 11.9 Å². The lowest BCUT2D eigenvalue weighted by Gasteiger charge is -2.38. The molecule has 1 saturated heterocycles. The Morgan fingerprint density at radius 3 is 2.70 bits per heavy atom. The van der Waals surface area contributed by atoms with Crippen molar-refractivity contribution in [3.8, 4) is 11.4 Å². The number of aliphatic hydroxyl groups is 1. The molecule has 1 fully saturated rings. The zero-order chi connectivity index (χ0) is 23.0. The van der Waals surface area contributed by atoms with Gasteiger partial charge in [0.25, 0.3) is 5.72 Å². The molecular weight excluding hydrogens is 416 g/mol. The Morgan fingerprint density at radius 1 is 1.18 bits per heavy atom. The highest BCUT2D eigenvalue weighted by molar-refractivity contribution is 6.03. The van der Waals surface area contributed by atoms with E-state index in [1.807, 2.05) is 61.0 Å². The largest absolute Gasteiger partial charge is 0.495 e. The quantitative estimate of drug-likeness (QED) is 0.640. The summed E-state index contributed by atoms with van der Waals surface area (Å²) in [6.07, 6.45) is 7.72. The molecule has 0 radical (unpaired) electrons. The van der Waals surface area contributed by atoms with E-state index in [-0.39, 0.29) is 6.61 Å². The van der Waals surface area contributed by atoms with Gasteiger partial charge in [0.05, 0.1) is 24.8 Å². The Labute approximate surface area is 193 Å². The van der Waals surface area contributed by atoms with E-state index < -0.39 is 5.72 Å². The standard InChI is InChI=1S/C26H28N4O3/c1-18-6-9-22(10-7-18)26(16-31)30-12-4-5-21(25(30)28-33-26)13-20-8-11-23(24(14-20)32-3)29-15-19(2)27-17-29/h6-11,13-15,17,31H,4-5,12,16H2,1-3H3/b21-13+. The smallest absolute Gasteiger partial charge is 0.260 e. The zero-order valence-electron chi connectivity index (χ0n) is 19.2. The van der Waals surface area contributed by atoms with Gasteiger partial charge in [-0.3, -0.25) is 0 Å². The van der Waals surface area contributed by atoms with E-state index in [1.165, 1.54) is 0 Å². The summed E-state index contributed by atoms with van der Waals surface area (Å²) in [7, 11) is 1.67. The molecule has 0 spiro atoms. The van der Waals surface area contributed by atoms with E-state index in [0.29, 0.717) is 0 Å². The minimum Gasteiger partial charge on any atom is -0.495 e. The molecule has 5 rings (SSSR count). The second-order valence-corrected chi connectivity index (χ2v) is 8.59. The summed E-state index contributed by atoms with van der Waals surface area (Å²) in [5, 5.41) is 14.8. The molecule has 3 heterocycles. The van der Waals surface area contributed by atoms with Gasteiger partial charge in [-0.25, -0.2) is 4.98 Å². The number of methoxy groups -OCH3 is 1. The number of nitrogens with zero attached hydrogens (tertiary/aromatic N) is 4. The fourth-order valence-electron chi connectivity index (χ4n) is 4.56. The second-order valence-electron chi connectivity index (χ2n) is 8.59. The summed E-state index contributed by atoms with van der Waals surface area (Å²) in [6.45, 7) is 4.60. The predicted molar refractivity (Wildman–Crippen MR) is 127 cm³/mol. The molecule has 2 aliphatic rings. The summed E-state index contributed by atoms with van der Waals surface area (Å²) in [5.41, 5.74) is 5.06. The molecule has 0 saturated carbocycles. The maximum Gasteiger partial charge on any atom is 0.260 e. The van der Waals surface area contributed by atoms with Gasteiger partial charge >= 0.3 is 0 Å². The van der Waals surface area contributed by atoms with Crippen molar-refractivity contribution in [2.24, 2.45) is 5.16 Å². The van der Waals surface area contributed by atoms with Crippen molar-refractivity contribution < 1.29 is 14.7 Å². The number of benzene rings is 2. The number of rotatable bonds is 5.